The molecule has 7 heteroatoms. The lowest BCUT2D eigenvalue weighted by atomic mass is 10.2. The standard InChI is InChI=1S/C16H23N5O.HI/c1-2-17-16(18-9-3-11-21-12-4-10-20-21)19-13-14-5-7-15(22)8-6-14;/h4-8,10,12,22H,2-3,9,11,13H2,1H3,(H2,17,18,19);1H. The number of halogens is 1. The molecule has 0 fully saturated rings. The van der Waals surface area contributed by atoms with Crippen LogP contribution in [0.2, 0.25) is 0 Å². The third-order valence-electron chi connectivity index (χ3n) is 3.12. The maximum atomic E-state index is 9.27. The van der Waals surface area contributed by atoms with Crippen LogP contribution < -0.4 is 10.6 Å². The van der Waals surface area contributed by atoms with Gasteiger partial charge in [-0.05, 0) is 37.1 Å². The summed E-state index contributed by atoms with van der Waals surface area (Å²) in [7, 11) is 0. The number of rotatable bonds is 7. The zero-order valence-corrected chi connectivity index (χ0v) is 15.6. The molecule has 126 valence electrons. The summed E-state index contributed by atoms with van der Waals surface area (Å²) in [6, 6.07) is 9.03. The molecule has 0 saturated heterocycles. The van der Waals surface area contributed by atoms with E-state index in [2.05, 4.69) is 20.7 Å². The fourth-order valence-corrected chi connectivity index (χ4v) is 1.99. The van der Waals surface area contributed by atoms with Crippen LogP contribution >= 0.6 is 24.0 Å². The molecule has 2 rings (SSSR count). The van der Waals surface area contributed by atoms with Gasteiger partial charge in [0.1, 0.15) is 5.75 Å². The minimum atomic E-state index is 0. The van der Waals surface area contributed by atoms with Crippen LogP contribution in [-0.2, 0) is 13.1 Å². The van der Waals surface area contributed by atoms with Crippen LogP contribution in [0, 0.1) is 0 Å². The molecular formula is C16H24IN5O. The van der Waals surface area contributed by atoms with Crippen molar-refractivity contribution in [2.45, 2.75) is 26.4 Å². The Kier molecular flexibility index (Phi) is 9.11. The molecule has 0 amide bonds. The van der Waals surface area contributed by atoms with Gasteiger partial charge < -0.3 is 15.7 Å². The van der Waals surface area contributed by atoms with Crippen molar-refractivity contribution in [3.05, 3.63) is 48.3 Å². The Balaban J connectivity index is 0.00000264. The normalized spacial score (nSPS) is 10.9. The number of phenolic OH excluding ortho intramolecular Hbond substituents is 1. The molecule has 23 heavy (non-hydrogen) atoms. The van der Waals surface area contributed by atoms with E-state index in [1.165, 1.54) is 0 Å². The summed E-state index contributed by atoms with van der Waals surface area (Å²) >= 11 is 0. The Morgan fingerprint density at radius 2 is 2.04 bits per heavy atom. The first-order valence-electron chi connectivity index (χ1n) is 7.55. The van der Waals surface area contributed by atoms with Gasteiger partial charge >= 0.3 is 0 Å². The second kappa shape index (κ2) is 10.9. The lowest BCUT2D eigenvalue weighted by Gasteiger charge is -2.11. The van der Waals surface area contributed by atoms with E-state index in [4.69, 9.17) is 0 Å². The topological polar surface area (TPSA) is 74.5 Å². The molecule has 6 nitrogen and oxygen atoms in total. The molecule has 0 unspecified atom stereocenters. The van der Waals surface area contributed by atoms with E-state index in [1.54, 1.807) is 18.3 Å². The summed E-state index contributed by atoms with van der Waals surface area (Å²) in [5.74, 6) is 1.08. The SMILES string of the molecule is CCNC(=NCc1ccc(O)cc1)NCCCn1cccn1.I. The van der Waals surface area contributed by atoms with Crippen molar-refractivity contribution in [1.29, 1.82) is 0 Å². The van der Waals surface area contributed by atoms with Crippen molar-refractivity contribution in [2.75, 3.05) is 13.1 Å². The van der Waals surface area contributed by atoms with E-state index in [0.717, 1.165) is 37.6 Å². The predicted molar refractivity (Wildman–Crippen MR) is 103 cm³/mol. The van der Waals surface area contributed by atoms with Crippen molar-refractivity contribution in [1.82, 2.24) is 20.4 Å². The fourth-order valence-electron chi connectivity index (χ4n) is 1.99. The number of nitrogens with zero attached hydrogens (tertiary/aromatic N) is 3. The lowest BCUT2D eigenvalue weighted by molar-refractivity contribution is 0.475. The molecule has 0 aliphatic carbocycles. The van der Waals surface area contributed by atoms with Crippen LogP contribution in [0.4, 0.5) is 0 Å². The molecule has 1 heterocycles. The Labute approximate surface area is 154 Å². The largest absolute Gasteiger partial charge is 0.508 e. The molecule has 0 aliphatic heterocycles. The van der Waals surface area contributed by atoms with Crippen LogP contribution in [0.25, 0.3) is 0 Å². The number of aryl methyl sites for hydroxylation is 1. The Hall–Kier alpha value is -1.77. The first-order chi connectivity index (χ1) is 10.8. The molecule has 1 aromatic heterocycles. The molecule has 0 saturated carbocycles. The molecule has 1 aromatic carbocycles. The Morgan fingerprint density at radius 1 is 1.26 bits per heavy atom. The van der Waals surface area contributed by atoms with Gasteiger partial charge in [-0.15, -0.1) is 24.0 Å². The quantitative estimate of drug-likeness (QED) is 0.274. The van der Waals surface area contributed by atoms with Crippen molar-refractivity contribution in [3.8, 4) is 5.75 Å². The first kappa shape index (κ1) is 19.3. The summed E-state index contributed by atoms with van der Waals surface area (Å²) in [4.78, 5) is 4.54. The number of benzene rings is 1. The molecular weight excluding hydrogens is 405 g/mol. The van der Waals surface area contributed by atoms with E-state index in [0.29, 0.717) is 6.54 Å². The highest BCUT2D eigenvalue weighted by molar-refractivity contribution is 14.0. The van der Waals surface area contributed by atoms with E-state index >= 15 is 0 Å². The fraction of sp³-hybridized carbons (Fsp3) is 0.375. The van der Waals surface area contributed by atoms with Crippen LogP contribution in [0.3, 0.4) is 0 Å². The molecule has 0 aliphatic rings. The number of hydrogen-bond donors (Lipinski definition) is 3. The summed E-state index contributed by atoms with van der Waals surface area (Å²) in [5.41, 5.74) is 1.06. The summed E-state index contributed by atoms with van der Waals surface area (Å²) in [6.45, 7) is 5.16. The van der Waals surface area contributed by atoms with Gasteiger partial charge in [0.25, 0.3) is 0 Å². The zero-order valence-electron chi connectivity index (χ0n) is 13.3. The van der Waals surface area contributed by atoms with Gasteiger partial charge in [0, 0.05) is 32.0 Å². The average Bonchev–Trinajstić information content (AvgIpc) is 3.04. The highest BCUT2D eigenvalue weighted by Crippen LogP contribution is 2.10. The van der Waals surface area contributed by atoms with Gasteiger partial charge in [-0.1, -0.05) is 12.1 Å². The van der Waals surface area contributed by atoms with Crippen LogP contribution in [0.1, 0.15) is 18.9 Å². The summed E-state index contributed by atoms with van der Waals surface area (Å²) in [6.07, 6.45) is 4.73. The first-order valence-corrected chi connectivity index (χ1v) is 7.55. The highest BCUT2D eigenvalue weighted by Gasteiger charge is 1.98. The van der Waals surface area contributed by atoms with Crippen molar-refractivity contribution in [3.63, 3.8) is 0 Å². The van der Waals surface area contributed by atoms with Crippen molar-refractivity contribution >= 4 is 29.9 Å². The zero-order chi connectivity index (χ0) is 15.6. The molecule has 0 atom stereocenters. The number of aromatic nitrogens is 2. The van der Waals surface area contributed by atoms with Crippen molar-refractivity contribution < 1.29 is 5.11 Å². The Morgan fingerprint density at radius 3 is 2.70 bits per heavy atom. The molecule has 0 radical (unpaired) electrons. The van der Waals surface area contributed by atoms with Gasteiger partial charge in [0.05, 0.1) is 6.54 Å². The van der Waals surface area contributed by atoms with Crippen LogP contribution in [-0.4, -0.2) is 33.9 Å². The summed E-state index contributed by atoms with van der Waals surface area (Å²) in [5, 5.41) is 20.0. The maximum absolute atomic E-state index is 9.27. The smallest absolute Gasteiger partial charge is 0.191 e. The van der Waals surface area contributed by atoms with E-state index in [-0.39, 0.29) is 29.7 Å². The van der Waals surface area contributed by atoms with E-state index in [9.17, 15) is 5.11 Å². The third-order valence-corrected chi connectivity index (χ3v) is 3.12. The predicted octanol–water partition coefficient (Wildman–Crippen LogP) is 2.35. The van der Waals surface area contributed by atoms with E-state index in [1.807, 2.05) is 36.0 Å². The third kappa shape index (κ3) is 7.36. The number of phenols is 1. The summed E-state index contributed by atoms with van der Waals surface area (Å²) < 4.78 is 1.92. The molecule has 3 N–H and O–H groups in total. The van der Waals surface area contributed by atoms with Crippen LogP contribution in [0.5, 0.6) is 5.75 Å². The van der Waals surface area contributed by atoms with Gasteiger partial charge in [-0.25, -0.2) is 4.99 Å². The number of hydrogen-bond acceptors (Lipinski definition) is 3. The monoisotopic (exact) mass is 429 g/mol. The average molecular weight is 429 g/mol. The second-order valence-electron chi connectivity index (χ2n) is 4.91. The van der Waals surface area contributed by atoms with E-state index < -0.39 is 0 Å². The molecule has 0 bridgehead atoms. The molecule has 0 spiro atoms. The molecule has 2 aromatic rings. The number of aromatic hydroxyl groups is 1. The number of aliphatic imine (C=N–C) groups is 1. The number of nitrogens with one attached hydrogen (secondary N) is 2. The minimum Gasteiger partial charge on any atom is -0.508 e. The maximum Gasteiger partial charge on any atom is 0.191 e. The van der Waals surface area contributed by atoms with Gasteiger partial charge in [0.2, 0.25) is 0 Å². The van der Waals surface area contributed by atoms with Gasteiger partial charge in [-0.3, -0.25) is 4.68 Å². The minimum absolute atomic E-state index is 0. The Bertz CT molecular complexity index is 569. The van der Waals surface area contributed by atoms with Gasteiger partial charge in [-0.2, -0.15) is 5.10 Å². The highest BCUT2D eigenvalue weighted by atomic mass is 127. The van der Waals surface area contributed by atoms with Crippen molar-refractivity contribution in [2.24, 2.45) is 4.99 Å². The number of guanidine groups is 1. The second-order valence-corrected chi connectivity index (χ2v) is 4.91. The lowest BCUT2D eigenvalue weighted by Crippen LogP contribution is -2.38. The van der Waals surface area contributed by atoms with Crippen LogP contribution in [0.15, 0.2) is 47.7 Å². The van der Waals surface area contributed by atoms with Gasteiger partial charge in [0.15, 0.2) is 5.96 Å².